The highest BCUT2D eigenvalue weighted by Crippen LogP contribution is 2.35. The van der Waals surface area contributed by atoms with Crippen LogP contribution < -0.4 is 0 Å². The second kappa shape index (κ2) is 7.00. The zero-order valence-corrected chi connectivity index (χ0v) is 15.2. The Morgan fingerprint density at radius 3 is 2.54 bits per heavy atom. The number of carbonyl (C=O) groups is 1. The summed E-state index contributed by atoms with van der Waals surface area (Å²) in [6.45, 7) is 0.222. The first-order valence-corrected chi connectivity index (χ1v) is 9.38. The highest BCUT2D eigenvalue weighted by atomic mass is 19.4. The zero-order valence-electron chi connectivity index (χ0n) is 15.2. The molecule has 0 atom stereocenters. The molecule has 146 valence electrons. The highest BCUT2D eigenvalue weighted by molar-refractivity contribution is 6.04. The molecule has 3 nitrogen and oxygen atoms in total. The number of hydrogen-bond acceptors (Lipinski definition) is 1. The third-order valence-corrected chi connectivity index (χ3v) is 5.47. The van der Waals surface area contributed by atoms with Gasteiger partial charge in [-0.1, -0.05) is 30.7 Å². The topological polar surface area (TPSA) is 42.2 Å². The Balaban J connectivity index is 1.91. The number of halogens is 3. The number of carboxylic acids is 1. The lowest BCUT2D eigenvalue weighted by Gasteiger charge is -2.14. The number of fused-ring (bicyclic) bond motifs is 3. The second-order valence-corrected chi connectivity index (χ2v) is 7.28. The molecule has 0 amide bonds. The van der Waals surface area contributed by atoms with Crippen LogP contribution in [0.5, 0.6) is 0 Å². The molecule has 1 N–H and O–H groups in total. The van der Waals surface area contributed by atoms with Gasteiger partial charge in [0.1, 0.15) is 0 Å². The number of benzene rings is 2. The van der Waals surface area contributed by atoms with Crippen LogP contribution >= 0.6 is 0 Å². The molecular formula is C22H20F3NO2. The summed E-state index contributed by atoms with van der Waals surface area (Å²) in [6.07, 6.45) is 0.393. The molecule has 0 radical (unpaired) electrons. The van der Waals surface area contributed by atoms with E-state index in [2.05, 4.69) is 0 Å². The summed E-state index contributed by atoms with van der Waals surface area (Å²) in [7, 11) is 0. The second-order valence-electron chi connectivity index (χ2n) is 7.28. The van der Waals surface area contributed by atoms with Crippen molar-refractivity contribution in [3.8, 4) is 0 Å². The molecular weight excluding hydrogens is 367 g/mol. The van der Waals surface area contributed by atoms with E-state index in [-0.39, 0.29) is 12.1 Å². The molecule has 6 heteroatoms. The van der Waals surface area contributed by atoms with Gasteiger partial charge in [0.05, 0.1) is 16.6 Å². The minimum Gasteiger partial charge on any atom is -0.478 e. The molecule has 0 unspecified atom stereocenters. The van der Waals surface area contributed by atoms with Gasteiger partial charge in [0.15, 0.2) is 0 Å². The maximum Gasteiger partial charge on any atom is 0.416 e. The van der Waals surface area contributed by atoms with E-state index in [0.29, 0.717) is 11.1 Å². The van der Waals surface area contributed by atoms with Crippen LogP contribution in [0.2, 0.25) is 0 Å². The molecule has 28 heavy (non-hydrogen) atoms. The first-order valence-electron chi connectivity index (χ1n) is 9.38. The number of aromatic carboxylic acids is 1. The monoisotopic (exact) mass is 387 g/mol. The fourth-order valence-corrected chi connectivity index (χ4v) is 4.24. The van der Waals surface area contributed by atoms with E-state index in [1.807, 2.05) is 10.6 Å². The Kier molecular flexibility index (Phi) is 4.65. The Hall–Kier alpha value is -2.76. The van der Waals surface area contributed by atoms with Crippen LogP contribution in [-0.2, 0) is 25.6 Å². The summed E-state index contributed by atoms with van der Waals surface area (Å²) in [6, 6.07) is 10.5. The van der Waals surface area contributed by atoms with Crippen molar-refractivity contribution in [2.75, 3.05) is 0 Å². The summed E-state index contributed by atoms with van der Waals surface area (Å²) in [5.41, 5.74) is 2.82. The quantitative estimate of drug-likeness (QED) is 0.588. The predicted molar refractivity (Wildman–Crippen MR) is 101 cm³/mol. The maximum atomic E-state index is 13.1. The van der Waals surface area contributed by atoms with Crippen molar-refractivity contribution in [2.45, 2.75) is 44.8 Å². The van der Waals surface area contributed by atoms with Gasteiger partial charge in [-0.25, -0.2) is 4.79 Å². The lowest BCUT2D eigenvalue weighted by Crippen LogP contribution is -2.10. The molecule has 0 bridgehead atoms. The normalized spacial score (nSPS) is 14.7. The van der Waals surface area contributed by atoms with E-state index in [0.717, 1.165) is 60.9 Å². The molecule has 3 aromatic rings. The fourth-order valence-electron chi connectivity index (χ4n) is 4.24. The number of alkyl halides is 3. The van der Waals surface area contributed by atoms with E-state index in [4.69, 9.17) is 0 Å². The van der Waals surface area contributed by atoms with E-state index in [1.54, 1.807) is 18.2 Å². The van der Waals surface area contributed by atoms with E-state index in [9.17, 15) is 23.1 Å². The molecule has 1 aliphatic rings. The van der Waals surface area contributed by atoms with Crippen molar-refractivity contribution in [1.82, 2.24) is 4.57 Å². The Morgan fingerprint density at radius 2 is 1.79 bits per heavy atom. The Morgan fingerprint density at radius 1 is 1.04 bits per heavy atom. The van der Waals surface area contributed by atoms with Crippen molar-refractivity contribution in [3.63, 3.8) is 0 Å². The van der Waals surface area contributed by atoms with Gasteiger partial charge in [0.25, 0.3) is 0 Å². The van der Waals surface area contributed by atoms with Gasteiger partial charge < -0.3 is 9.67 Å². The third kappa shape index (κ3) is 3.28. The van der Waals surface area contributed by atoms with E-state index < -0.39 is 17.7 Å². The van der Waals surface area contributed by atoms with Gasteiger partial charge in [-0.05, 0) is 55.0 Å². The molecule has 0 aliphatic heterocycles. The SMILES string of the molecule is O=C(O)c1cccc2c3c(n(Cc4cccc(C(F)(F)F)c4)c12)CCCCC3. The average Bonchev–Trinajstić information content (AvgIpc) is 2.81. The lowest BCUT2D eigenvalue weighted by molar-refractivity contribution is -0.137. The molecule has 1 heterocycles. The highest BCUT2D eigenvalue weighted by Gasteiger charge is 2.30. The van der Waals surface area contributed by atoms with Crippen LogP contribution in [-0.4, -0.2) is 15.6 Å². The van der Waals surface area contributed by atoms with Gasteiger partial charge in [-0.2, -0.15) is 13.2 Å². The number of para-hydroxylation sites is 1. The first-order chi connectivity index (χ1) is 13.4. The fraction of sp³-hybridized carbons (Fsp3) is 0.318. The number of rotatable bonds is 3. The van der Waals surface area contributed by atoms with Crippen LogP contribution in [0.1, 0.15) is 52.0 Å². The number of hydrogen-bond donors (Lipinski definition) is 1. The van der Waals surface area contributed by atoms with Gasteiger partial charge >= 0.3 is 12.1 Å². The maximum absolute atomic E-state index is 13.1. The number of carboxylic acid groups (broad SMARTS) is 1. The van der Waals surface area contributed by atoms with Crippen molar-refractivity contribution in [1.29, 1.82) is 0 Å². The molecule has 4 rings (SSSR count). The number of aryl methyl sites for hydroxylation is 1. The Labute approximate surface area is 160 Å². The summed E-state index contributed by atoms with van der Waals surface area (Å²) < 4.78 is 41.3. The van der Waals surface area contributed by atoms with Gasteiger partial charge in [-0.15, -0.1) is 0 Å². The van der Waals surface area contributed by atoms with Crippen molar-refractivity contribution in [3.05, 3.63) is 70.4 Å². The summed E-state index contributed by atoms with van der Waals surface area (Å²) in [4.78, 5) is 11.8. The van der Waals surface area contributed by atoms with Crippen LogP contribution in [0.3, 0.4) is 0 Å². The smallest absolute Gasteiger partial charge is 0.416 e. The van der Waals surface area contributed by atoms with Crippen LogP contribution in [0, 0.1) is 0 Å². The molecule has 0 saturated carbocycles. The van der Waals surface area contributed by atoms with Crippen LogP contribution in [0.4, 0.5) is 13.2 Å². The summed E-state index contributed by atoms with van der Waals surface area (Å²) in [5, 5.41) is 10.6. The molecule has 2 aromatic carbocycles. The predicted octanol–water partition coefficient (Wildman–Crippen LogP) is 5.68. The van der Waals surface area contributed by atoms with Crippen LogP contribution in [0.15, 0.2) is 42.5 Å². The molecule has 0 saturated heterocycles. The van der Waals surface area contributed by atoms with Gasteiger partial charge in [0.2, 0.25) is 0 Å². The minimum absolute atomic E-state index is 0.192. The van der Waals surface area contributed by atoms with Gasteiger partial charge in [-0.3, -0.25) is 0 Å². The average molecular weight is 387 g/mol. The summed E-state index contributed by atoms with van der Waals surface area (Å²) >= 11 is 0. The standard InChI is InChI=1S/C22H20F3NO2/c23-22(24,25)15-7-4-6-14(12-15)13-26-19-11-3-1-2-8-16(19)17-9-5-10-18(20(17)26)21(27)28/h4-7,9-10,12H,1-3,8,11,13H2,(H,27,28). The van der Waals surface area contributed by atoms with Crippen molar-refractivity contribution < 1.29 is 23.1 Å². The van der Waals surface area contributed by atoms with Gasteiger partial charge in [0, 0.05) is 17.6 Å². The number of nitrogens with zero attached hydrogens (tertiary/aromatic N) is 1. The molecule has 0 spiro atoms. The number of aromatic nitrogens is 1. The lowest BCUT2D eigenvalue weighted by atomic mass is 10.0. The summed E-state index contributed by atoms with van der Waals surface area (Å²) in [5.74, 6) is -1.02. The minimum atomic E-state index is -4.40. The largest absolute Gasteiger partial charge is 0.478 e. The van der Waals surface area contributed by atoms with Crippen LogP contribution in [0.25, 0.3) is 10.9 Å². The van der Waals surface area contributed by atoms with E-state index in [1.165, 1.54) is 6.07 Å². The van der Waals surface area contributed by atoms with Crippen molar-refractivity contribution >= 4 is 16.9 Å². The van der Waals surface area contributed by atoms with E-state index >= 15 is 0 Å². The van der Waals surface area contributed by atoms with Crippen molar-refractivity contribution in [2.24, 2.45) is 0 Å². The third-order valence-electron chi connectivity index (χ3n) is 5.47. The zero-order chi connectivity index (χ0) is 19.9. The Bertz CT molecular complexity index is 1050. The molecule has 1 aliphatic carbocycles. The molecule has 0 fully saturated rings. The molecule has 1 aromatic heterocycles. The first kappa shape index (κ1) is 18.6.